The summed E-state index contributed by atoms with van der Waals surface area (Å²) in [5.74, 6) is 1.90. The first-order valence-corrected chi connectivity index (χ1v) is 9.76. The fourth-order valence-corrected chi connectivity index (χ4v) is 3.89. The molecule has 2 aliphatic heterocycles. The van der Waals surface area contributed by atoms with Gasteiger partial charge in [0.2, 0.25) is 0 Å². The summed E-state index contributed by atoms with van der Waals surface area (Å²) in [6.45, 7) is 8.85. The van der Waals surface area contributed by atoms with Gasteiger partial charge in [0.05, 0.1) is 18.8 Å². The highest BCUT2D eigenvalue weighted by Gasteiger charge is 2.41. The summed E-state index contributed by atoms with van der Waals surface area (Å²) >= 11 is 0. The number of nitrogens with one attached hydrogen (secondary N) is 1. The van der Waals surface area contributed by atoms with Crippen LogP contribution < -0.4 is 5.32 Å². The maximum Gasteiger partial charge on any atom is 0.194 e. The first-order valence-electron chi connectivity index (χ1n) is 9.76. The Kier molecular flexibility index (Phi) is 7.17. The number of rotatable bonds is 5. The Labute approximate surface area is 174 Å². The standard InChI is InChI=1S/C20H30N4O.HI/c1-2-21-20(22-12-16-8-9-16)24-14-18-19(15-24)25-11-10-23(18)13-17-6-4-3-5-7-17;/h3-7,16,18-19H,2,8-15H2,1H3,(H,21,22);1H. The van der Waals surface area contributed by atoms with Crippen LogP contribution in [0.1, 0.15) is 25.3 Å². The minimum atomic E-state index is 0. The molecule has 2 unspecified atom stereocenters. The molecule has 4 rings (SSSR count). The molecule has 3 aliphatic rings. The van der Waals surface area contributed by atoms with Gasteiger partial charge in [0.15, 0.2) is 5.96 Å². The van der Waals surface area contributed by atoms with E-state index in [-0.39, 0.29) is 24.0 Å². The molecule has 2 saturated heterocycles. The van der Waals surface area contributed by atoms with Crippen molar-refractivity contribution in [3.05, 3.63) is 35.9 Å². The lowest BCUT2D eigenvalue weighted by Gasteiger charge is -2.36. The molecule has 2 heterocycles. The molecule has 3 fully saturated rings. The Morgan fingerprint density at radius 1 is 1.23 bits per heavy atom. The molecule has 1 aromatic rings. The second kappa shape index (κ2) is 9.37. The number of halogens is 1. The van der Waals surface area contributed by atoms with Gasteiger partial charge >= 0.3 is 0 Å². The van der Waals surface area contributed by atoms with E-state index in [0.717, 1.165) is 57.8 Å². The van der Waals surface area contributed by atoms with Crippen molar-refractivity contribution in [1.29, 1.82) is 0 Å². The van der Waals surface area contributed by atoms with Gasteiger partial charge in [-0.05, 0) is 31.2 Å². The number of hydrogen-bond donors (Lipinski definition) is 1. The largest absolute Gasteiger partial charge is 0.373 e. The number of aliphatic imine (C=N–C) groups is 1. The predicted octanol–water partition coefficient (Wildman–Crippen LogP) is 2.57. The molecule has 0 amide bonds. The maximum absolute atomic E-state index is 6.10. The normalized spacial score (nSPS) is 26.3. The number of guanidine groups is 1. The maximum atomic E-state index is 6.10. The van der Waals surface area contributed by atoms with Crippen LogP contribution in [0.2, 0.25) is 0 Å². The third kappa shape index (κ3) is 4.89. The topological polar surface area (TPSA) is 40.1 Å². The summed E-state index contributed by atoms with van der Waals surface area (Å²) < 4.78 is 6.10. The summed E-state index contributed by atoms with van der Waals surface area (Å²) in [6.07, 6.45) is 2.99. The molecule has 5 nitrogen and oxygen atoms in total. The minimum Gasteiger partial charge on any atom is -0.373 e. The van der Waals surface area contributed by atoms with Gasteiger partial charge in [-0.1, -0.05) is 30.3 Å². The van der Waals surface area contributed by atoms with Crippen molar-refractivity contribution in [3.63, 3.8) is 0 Å². The van der Waals surface area contributed by atoms with E-state index in [4.69, 9.17) is 9.73 Å². The Hall–Kier alpha value is -0.860. The molecule has 0 aromatic heterocycles. The highest BCUT2D eigenvalue weighted by Crippen LogP contribution is 2.29. The number of hydrogen-bond acceptors (Lipinski definition) is 3. The van der Waals surface area contributed by atoms with E-state index in [1.807, 2.05) is 0 Å². The van der Waals surface area contributed by atoms with Crippen molar-refractivity contribution in [2.75, 3.05) is 39.3 Å². The predicted molar refractivity (Wildman–Crippen MR) is 116 cm³/mol. The highest BCUT2D eigenvalue weighted by atomic mass is 127. The van der Waals surface area contributed by atoms with Crippen LogP contribution in [0.4, 0.5) is 0 Å². The van der Waals surface area contributed by atoms with Crippen LogP contribution in [0.5, 0.6) is 0 Å². The molecule has 6 heteroatoms. The molecule has 0 radical (unpaired) electrons. The molecule has 1 saturated carbocycles. The van der Waals surface area contributed by atoms with Crippen LogP contribution in [0.25, 0.3) is 0 Å². The lowest BCUT2D eigenvalue weighted by atomic mass is 10.1. The summed E-state index contributed by atoms with van der Waals surface area (Å²) in [7, 11) is 0. The molecule has 2 atom stereocenters. The molecule has 0 bridgehead atoms. The van der Waals surface area contributed by atoms with Crippen molar-refractivity contribution >= 4 is 29.9 Å². The van der Waals surface area contributed by atoms with Crippen LogP contribution in [0.15, 0.2) is 35.3 Å². The number of likely N-dealkylation sites (tertiary alicyclic amines) is 1. The average molecular weight is 470 g/mol. The van der Waals surface area contributed by atoms with Crippen LogP contribution in [-0.2, 0) is 11.3 Å². The third-order valence-corrected chi connectivity index (χ3v) is 5.48. The van der Waals surface area contributed by atoms with E-state index in [0.29, 0.717) is 12.1 Å². The van der Waals surface area contributed by atoms with Crippen molar-refractivity contribution in [2.45, 2.75) is 38.5 Å². The van der Waals surface area contributed by atoms with E-state index in [2.05, 4.69) is 52.4 Å². The van der Waals surface area contributed by atoms with Gasteiger partial charge < -0.3 is 15.0 Å². The Balaban J connectivity index is 0.00000196. The summed E-state index contributed by atoms with van der Waals surface area (Å²) in [6, 6.07) is 11.2. The first-order chi connectivity index (χ1) is 12.3. The zero-order valence-corrected chi connectivity index (χ0v) is 18.0. The van der Waals surface area contributed by atoms with Gasteiger partial charge in [-0.15, -0.1) is 24.0 Å². The molecule has 1 N–H and O–H groups in total. The van der Waals surface area contributed by atoms with Crippen molar-refractivity contribution in [3.8, 4) is 0 Å². The van der Waals surface area contributed by atoms with Crippen LogP contribution in [0.3, 0.4) is 0 Å². The Bertz CT molecular complexity index is 593. The van der Waals surface area contributed by atoms with Gasteiger partial charge in [-0.25, -0.2) is 0 Å². The minimum absolute atomic E-state index is 0. The summed E-state index contributed by atoms with van der Waals surface area (Å²) in [4.78, 5) is 9.88. The van der Waals surface area contributed by atoms with Crippen LogP contribution >= 0.6 is 24.0 Å². The number of morpholine rings is 1. The van der Waals surface area contributed by atoms with Crippen molar-refractivity contribution in [2.24, 2.45) is 10.9 Å². The lowest BCUT2D eigenvalue weighted by Crippen LogP contribution is -2.50. The number of nitrogens with zero attached hydrogens (tertiary/aromatic N) is 3. The Morgan fingerprint density at radius 3 is 2.77 bits per heavy atom. The Morgan fingerprint density at radius 2 is 2.04 bits per heavy atom. The second-order valence-electron chi connectivity index (χ2n) is 7.48. The van der Waals surface area contributed by atoms with Gasteiger partial charge in [-0.2, -0.15) is 0 Å². The molecule has 0 spiro atoms. The lowest BCUT2D eigenvalue weighted by molar-refractivity contribution is -0.0502. The molecule has 1 aromatic carbocycles. The van der Waals surface area contributed by atoms with E-state index >= 15 is 0 Å². The summed E-state index contributed by atoms with van der Waals surface area (Å²) in [5.41, 5.74) is 1.39. The molecular formula is C20H31IN4O. The van der Waals surface area contributed by atoms with E-state index < -0.39 is 0 Å². The number of benzene rings is 1. The molecular weight excluding hydrogens is 439 g/mol. The quantitative estimate of drug-likeness (QED) is 0.408. The van der Waals surface area contributed by atoms with E-state index in [1.54, 1.807) is 0 Å². The molecule has 1 aliphatic carbocycles. The van der Waals surface area contributed by atoms with Crippen LogP contribution in [-0.4, -0.2) is 67.2 Å². The molecule has 144 valence electrons. The zero-order chi connectivity index (χ0) is 17.1. The fraction of sp³-hybridized carbons (Fsp3) is 0.650. The number of ether oxygens (including phenoxy) is 1. The number of fused-ring (bicyclic) bond motifs is 1. The zero-order valence-electron chi connectivity index (χ0n) is 15.6. The SMILES string of the molecule is CCNC(=NCC1CC1)N1CC2OCCN(Cc3ccccc3)C2C1.I. The van der Waals surface area contributed by atoms with Gasteiger partial charge in [0, 0.05) is 39.3 Å². The van der Waals surface area contributed by atoms with E-state index in [1.165, 1.54) is 18.4 Å². The average Bonchev–Trinajstić information content (AvgIpc) is 3.36. The smallest absolute Gasteiger partial charge is 0.194 e. The summed E-state index contributed by atoms with van der Waals surface area (Å²) in [5, 5.41) is 3.48. The second-order valence-corrected chi connectivity index (χ2v) is 7.48. The van der Waals surface area contributed by atoms with Crippen molar-refractivity contribution < 1.29 is 4.74 Å². The molecule has 26 heavy (non-hydrogen) atoms. The monoisotopic (exact) mass is 470 g/mol. The fourth-order valence-electron chi connectivity index (χ4n) is 3.89. The third-order valence-electron chi connectivity index (χ3n) is 5.48. The van der Waals surface area contributed by atoms with Gasteiger partial charge in [0.1, 0.15) is 0 Å². The van der Waals surface area contributed by atoms with Crippen LogP contribution in [0, 0.1) is 5.92 Å². The van der Waals surface area contributed by atoms with E-state index in [9.17, 15) is 0 Å². The van der Waals surface area contributed by atoms with Gasteiger partial charge in [-0.3, -0.25) is 9.89 Å². The first kappa shape index (κ1) is 19.9. The highest BCUT2D eigenvalue weighted by molar-refractivity contribution is 14.0. The van der Waals surface area contributed by atoms with Crippen molar-refractivity contribution in [1.82, 2.24) is 15.1 Å². The van der Waals surface area contributed by atoms with Gasteiger partial charge in [0.25, 0.3) is 0 Å².